The van der Waals surface area contributed by atoms with E-state index in [1.54, 1.807) is 0 Å². The van der Waals surface area contributed by atoms with Gasteiger partial charge in [-0.3, -0.25) is 9.69 Å². The monoisotopic (exact) mass is 294 g/mol. The second kappa shape index (κ2) is 6.53. The van der Waals surface area contributed by atoms with Crippen molar-refractivity contribution in [3.63, 3.8) is 0 Å². The average molecular weight is 294 g/mol. The lowest BCUT2D eigenvalue weighted by Gasteiger charge is -2.32. The standard InChI is InChI=1S/C14H22N4O3/c1-2-11(18-5-7-20-8-6-18)14(19)15-9-12-16-13(17-21-12)10-3-4-10/h10-11H,2-9H2,1H3,(H,15,19)/t11-/m1/s1. The van der Waals surface area contributed by atoms with Crippen LogP contribution in [0.15, 0.2) is 4.52 Å². The van der Waals surface area contributed by atoms with E-state index >= 15 is 0 Å². The summed E-state index contributed by atoms with van der Waals surface area (Å²) in [6.45, 7) is 5.32. The summed E-state index contributed by atoms with van der Waals surface area (Å²) >= 11 is 0. The minimum Gasteiger partial charge on any atom is -0.379 e. The molecule has 0 unspecified atom stereocenters. The van der Waals surface area contributed by atoms with Crippen LogP contribution in [0, 0.1) is 0 Å². The molecule has 21 heavy (non-hydrogen) atoms. The summed E-state index contributed by atoms with van der Waals surface area (Å²) in [7, 11) is 0. The highest BCUT2D eigenvalue weighted by Gasteiger charge is 2.29. The number of aromatic nitrogens is 2. The SMILES string of the molecule is CC[C@H](C(=O)NCc1nc(C2CC2)no1)N1CCOCC1. The highest BCUT2D eigenvalue weighted by Crippen LogP contribution is 2.38. The summed E-state index contributed by atoms with van der Waals surface area (Å²) in [5, 5.41) is 6.85. The smallest absolute Gasteiger partial charge is 0.246 e. The Hall–Kier alpha value is -1.47. The van der Waals surface area contributed by atoms with Crippen LogP contribution >= 0.6 is 0 Å². The predicted octanol–water partition coefficient (Wildman–Crippen LogP) is 0.674. The third-order valence-corrected chi connectivity index (χ3v) is 4.02. The summed E-state index contributed by atoms with van der Waals surface area (Å²) < 4.78 is 10.5. The van der Waals surface area contributed by atoms with E-state index in [0.29, 0.717) is 31.6 Å². The molecule has 0 aromatic carbocycles. The number of hydrogen-bond acceptors (Lipinski definition) is 6. The van der Waals surface area contributed by atoms with Crippen molar-refractivity contribution in [3.05, 3.63) is 11.7 Å². The van der Waals surface area contributed by atoms with Gasteiger partial charge in [0.1, 0.15) is 0 Å². The molecule has 3 rings (SSSR count). The lowest BCUT2D eigenvalue weighted by Crippen LogP contribution is -2.50. The van der Waals surface area contributed by atoms with Crippen molar-refractivity contribution in [2.75, 3.05) is 26.3 Å². The number of ether oxygens (including phenoxy) is 1. The number of amides is 1. The summed E-state index contributed by atoms with van der Waals surface area (Å²) in [5.41, 5.74) is 0. The highest BCUT2D eigenvalue weighted by molar-refractivity contribution is 5.81. The summed E-state index contributed by atoms with van der Waals surface area (Å²) in [5.74, 6) is 1.75. The lowest BCUT2D eigenvalue weighted by atomic mass is 10.1. The molecule has 1 N–H and O–H groups in total. The predicted molar refractivity (Wildman–Crippen MR) is 74.6 cm³/mol. The molecule has 7 nitrogen and oxygen atoms in total. The molecule has 2 heterocycles. The maximum absolute atomic E-state index is 12.3. The topological polar surface area (TPSA) is 80.5 Å². The Morgan fingerprint density at radius 1 is 1.43 bits per heavy atom. The fourth-order valence-corrected chi connectivity index (χ4v) is 2.63. The van der Waals surface area contributed by atoms with Crippen LogP contribution in [0.5, 0.6) is 0 Å². The van der Waals surface area contributed by atoms with Gasteiger partial charge in [-0.25, -0.2) is 0 Å². The van der Waals surface area contributed by atoms with E-state index in [1.807, 2.05) is 6.92 Å². The van der Waals surface area contributed by atoms with E-state index in [0.717, 1.165) is 38.2 Å². The van der Waals surface area contributed by atoms with Gasteiger partial charge in [-0.1, -0.05) is 12.1 Å². The molecule has 0 spiro atoms. The first-order chi connectivity index (χ1) is 10.3. The van der Waals surface area contributed by atoms with Gasteiger partial charge < -0.3 is 14.6 Å². The Morgan fingerprint density at radius 3 is 2.86 bits per heavy atom. The van der Waals surface area contributed by atoms with Crippen molar-refractivity contribution >= 4 is 5.91 Å². The molecule has 116 valence electrons. The first-order valence-electron chi connectivity index (χ1n) is 7.70. The zero-order valence-corrected chi connectivity index (χ0v) is 12.4. The molecule has 0 radical (unpaired) electrons. The molecule has 2 aliphatic rings. The molecule has 1 aliphatic heterocycles. The minimum atomic E-state index is -0.111. The van der Waals surface area contributed by atoms with Gasteiger partial charge in [-0.2, -0.15) is 4.98 Å². The van der Waals surface area contributed by atoms with Gasteiger partial charge in [-0.05, 0) is 19.3 Å². The zero-order valence-electron chi connectivity index (χ0n) is 12.4. The molecule has 1 saturated heterocycles. The van der Waals surface area contributed by atoms with E-state index < -0.39 is 0 Å². The van der Waals surface area contributed by atoms with Gasteiger partial charge in [0.2, 0.25) is 11.8 Å². The normalized spacial score (nSPS) is 21.2. The van der Waals surface area contributed by atoms with Crippen molar-refractivity contribution in [1.29, 1.82) is 0 Å². The Kier molecular flexibility index (Phi) is 4.50. The molecule has 1 saturated carbocycles. The maximum atomic E-state index is 12.3. The van der Waals surface area contributed by atoms with Crippen molar-refractivity contribution in [2.45, 2.75) is 44.7 Å². The van der Waals surface area contributed by atoms with Crippen molar-refractivity contribution in [1.82, 2.24) is 20.4 Å². The quantitative estimate of drug-likeness (QED) is 0.831. The summed E-state index contributed by atoms with van der Waals surface area (Å²) in [6, 6.07) is -0.111. The van der Waals surface area contributed by atoms with E-state index in [9.17, 15) is 4.79 Å². The van der Waals surface area contributed by atoms with Gasteiger partial charge in [0.15, 0.2) is 5.82 Å². The molecule has 2 fully saturated rings. The number of morpholine rings is 1. The van der Waals surface area contributed by atoms with Crippen molar-refractivity contribution in [2.24, 2.45) is 0 Å². The number of hydrogen-bond donors (Lipinski definition) is 1. The summed E-state index contributed by atoms with van der Waals surface area (Å²) in [6.07, 6.45) is 3.06. The fraction of sp³-hybridized carbons (Fsp3) is 0.786. The minimum absolute atomic E-state index is 0.0190. The van der Waals surface area contributed by atoms with E-state index in [1.165, 1.54) is 0 Å². The summed E-state index contributed by atoms with van der Waals surface area (Å²) in [4.78, 5) is 18.8. The van der Waals surface area contributed by atoms with Crippen LogP contribution in [-0.2, 0) is 16.1 Å². The Balaban J connectivity index is 1.51. The Labute approximate surface area is 124 Å². The third-order valence-electron chi connectivity index (χ3n) is 4.02. The third kappa shape index (κ3) is 3.59. The van der Waals surface area contributed by atoms with Crippen LogP contribution in [0.25, 0.3) is 0 Å². The Bertz CT molecular complexity index is 480. The molecule has 1 aromatic rings. The molecular weight excluding hydrogens is 272 g/mol. The molecule has 1 aliphatic carbocycles. The maximum Gasteiger partial charge on any atom is 0.246 e. The Morgan fingerprint density at radius 2 is 2.19 bits per heavy atom. The first-order valence-corrected chi connectivity index (χ1v) is 7.70. The fourth-order valence-electron chi connectivity index (χ4n) is 2.63. The van der Waals surface area contributed by atoms with Crippen LogP contribution in [0.4, 0.5) is 0 Å². The number of nitrogens with one attached hydrogen (secondary N) is 1. The van der Waals surface area contributed by atoms with Crippen LogP contribution < -0.4 is 5.32 Å². The van der Waals surface area contributed by atoms with E-state index in [4.69, 9.17) is 9.26 Å². The zero-order chi connectivity index (χ0) is 14.7. The molecular formula is C14H22N4O3. The van der Waals surface area contributed by atoms with E-state index in [2.05, 4.69) is 20.4 Å². The van der Waals surface area contributed by atoms with Crippen molar-refractivity contribution < 1.29 is 14.1 Å². The van der Waals surface area contributed by atoms with E-state index in [-0.39, 0.29) is 11.9 Å². The second-order valence-corrected chi connectivity index (χ2v) is 5.61. The molecule has 0 bridgehead atoms. The van der Waals surface area contributed by atoms with Crippen LogP contribution in [0.3, 0.4) is 0 Å². The van der Waals surface area contributed by atoms with Gasteiger partial charge in [0, 0.05) is 19.0 Å². The van der Waals surface area contributed by atoms with Crippen molar-refractivity contribution in [3.8, 4) is 0 Å². The number of rotatable bonds is 6. The molecule has 7 heteroatoms. The molecule has 1 amide bonds. The molecule has 1 atom stereocenters. The van der Waals surface area contributed by atoms with Gasteiger partial charge in [0.25, 0.3) is 0 Å². The number of carbonyl (C=O) groups excluding carboxylic acids is 1. The van der Waals surface area contributed by atoms with Gasteiger partial charge >= 0.3 is 0 Å². The van der Waals surface area contributed by atoms with Crippen LogP contribution in [0.2, 0.25) is 0 Å². The van der Waals surface area contributed by atoms with Crippen LogP contribution in [0.1, 0.15) is 43.8 Å². The number of nitrogens with zero attached hydrogens (tertiary/aromatic N) is 3. The van der Waals surface area contributed by atoms with Gasteiger partial charge in [-0.15, -0.1) is 0 Å². The second-order valence-electron chi connectivity index (χ2n) is 5.61. The van der Waals surface area contributed by atoms with Gasteiger partial charge in [0.05, 0.1) is 25.8 Å². The van der Waals surface area contributed by atoms with Crippen LogP contribution in [-0.4, -0.2) is 53.3 Å². The first kappa shape index (κ1) is 14.5. The highest BCUT2D eigenvalue weighted by atomic mass is 16.5. The molecule has 1 aromatic heterocycles. The average Bonchev–Trinajstić information content (AvgIpc) is 3.26. The number of carbonyl (C=O) groups is 1. The lowest BCUT2D eigenvalue weighted by molar-refractivity contribution is -0.128. The largest absolute Gasteiger partial charge is 0.379 e.